The molecule has 2 aromatic heterocycles. The summed E-state index contributed by atoms with van der Waals surface area (Å²) in [5, 5.41) is 9.44. The van der Waals surface area contributed by atoms with Crippen molar-refractivity contribution in [3.63, 3.8) is 0 Å². The largest absolute Gasteiger partial charge is 0.309 e. The number of aromatic nitrogens is 4. The molecule has 0 saturated carbocycles. The molecule has 11 rings (SSSR count). The maximum Gasteiger partial charge on any atom is 0.164 e. The smallest absolute Gasteiger partial charge is 0.164 e. The fourth-order valence-electron chi connectivity index (χ4n) is 8.29. The van der Waals surface area contributed by atoms with Crippen LogP contribution in [-0.2, 0) is 0 Å². The van der Waals surface area contributed by atoms with Gasteiger partial charge in [0, 0.05) is 33.0 Å². The Bertz CT molecular complexity index is 3190. The molecule has 11 aromatic rings. The molecule has 0 saturated heterocycles. The van der Waals surface area contributed by atoms with Crippen LogP contribution in [0.3, 0.4) is 0 Å². The van der Waals surface area contributed by atoms with Crippen LogP contribution in [0.1, 0.15) is 0 Å². The number of hydrogen-bond acceptors (Lipinski definition) is 3. The summed E-state index contributed by atoms with van der Waals surface area (Å²) < 4.78 is 2.46. The van der Waals surface area contributed by atoms with Gasteiger partial charge in [0.05, 0.1) is 16.7 Å². The average molecular weight is 701 g/mol. The van der Waals surface area contributed by atoms with Crippen molar-refractivity contribution in [1.29, 1.82) is 0 Å². The number of rotatable bonds is 5. The molecule has 256 valence electrons. The molecule has 0 fully saturated rings. The Balaban J connectivity index is 1.31. The molecule has 0 unspecified atom stereocenters. The van der Waals surface area contributed by atoms with Crippen molar-refractivity contribution in [3.8, 4) is 51.0 Å². The van der Waals surface area contributed by atoms with Gasteiger partial charge >= 0.3 is 0 Å². The lowest BCUT2D eigenvalue weighted by Crippen LogP contribution is -2.03. The highest BCUT2D eigenvalue weighted by molar-refractivity contribution is 6.17. The second-order valence-electron chi connectivity index (χ2n) is 14.0. The van der Waals surface area contributed by atoms with Crippen LogP contribution in [-0.4, -0.2) is 19.5 Å². The van der Waals surface area contributed by atoms with E-state index in [1.165, 1.54) is 37.9 Å². The van der Waals surface area contributed by atoms with Gasteiger partial charge in [-0.25, -0.2) is 15.0 Å². The SMILES string of the molecule is c1ccc(-c2nc(-c3ccccc3)nc(-c3cc(-n4c5ccccc5c5cc6ccccc6cc54)c(-c4cccc5ccccc45)c4ccccc34)n2)cc1. The molecule has 0 N–H and O–H groups in total. The Morgan fingerprint density at radius 1 is 0.309 bits per heavy atom. The lowest BCUT2D eigenvalue weighted by atomic mass is 9.90. The molecule has 2 heterocycles. The summed E-state index contributed by atoms with van der Waals surface area (Å²) in [6.45, 7) is 0. The van der Waals surface area contributed by atoms with Crippen molar-refractivity contribution in [2.24, 2.45) is 0 Å². The van der Waals surface area contributed by atoms with E-state index >= 15 is 0 Å². The summed E-state index contributed by atoms with van der Waals surface area (Å²) in [6, 6.07) is 68.8. The van der Waals surface area contributed by atoms with Crippen LogP contribution in [0.5, 0.6) is 0 Å². The van der Waals surface area contributed by atoms with Crippen molar-refractivity contribution >= 4 is 54.1 Å². The summed E-state index contributed by atoms with van der Waals surface area (Å²) in [6.07, 6.45) is 0. The van der Waals surface area contributed by atoms with E-state index in [1.807, 2.05) is 36.4 Å². The van der Waals surface area contributed by atoms with Gasteiger partial charge in [-0.2, -0.15) is 0 Å². The predicted molar refractivity (Wildman–Crippen MR) is 228 cm³/mol. The first-order valence-electron chi connectivity index (χ1n) is 18.6. The number of para-hydroxylation sites is 1. The van der Waals surface area contributed by atoms with Gasteiger partial charge in [0.1, 0.15) is 0 Å². The van der Waals surface area contributed by atoms with Crippen LogP contribution in [0, 0.1) is 0 Å². The average Bonchev–Trinajstić information content (AvgIpc) is 3.58. The molecule has 0 atom stereocenters. The number of benzene rings is 9. The molecule has 4 nitrogen and oxygen atoms in total. The van der Waals surface area contributed by atoms with Crippen LogP contribution in [0.4, 0.5) is 0 Å². The van der Waals surface area contributed by atoms with E-state index in [4.69, 9.17) is 15.0 Å². The molecule has 0 bridgehead atoms. The molecule has 0 aliphatic rings. The number of hydrogen-bond donors (Lipinski definition) is 0. The van der Waals surface area contributed by atoms with Crippen LogP contribution in [0.2, 0.25) is 0 Å². The van der Waals surface area contributed by atoms with Gasteiger partial charge in [0.25, 0.3) is 0 Å². The monoisotopic (exact) mass is 700 g/mol. The summed E-state index contributed by atoms with van der Waals surface area (Å²) in [5.41, 5.74) is 8.51. The minimum atomic E-state index is 0.626. The Morgan fingerprint density at radius 2 is 0.836 bits per heavy atom. The van der Waals surface area contributed by atoms with Gasteiger partial charge in [0.2, 0.25) is 0 Å². The summed E-state index contributed by atoms with van der Waals surface area (Å²) >= 11 is 0. The molecule has 4 heteroatoms. The van der Waals surface area contributed by atoms with Gasteiger partial charge in [0.15, 0.2) is 17.5 Å². The highest BCUT2D eigenvalue weighted by Crippen LogP contribution is 2.45. The lowest BCUT2D eigenvalue weighted by Gasteiger charge is -2.21. The molecule has 0 amide bonds. The summed E-state index contributed by atoms with van der Waals surface area (Å²) in [4.78, 5) is 15.6. The number of fused-ring (bicyclic) bond motifs is 6. The summed E-state index contributed by atoms with van der Waals surface area (Å²) in [5.74, 6) is 1.90. The van der Waals surface area contributed by atoms with E-state index in [0.717, 1.165) is 49.7 Å². The maximum atomic E-state index is 5.26. The van der Waals surface area contributed by atoms with E-state index < -0.39 is 0 Å². The Hall–Kier alpha value is -7.43. The Kier molecular flexibility index (Phi) is 7.14. The van der Waals surface area contributed by atoms with E-state index in [-0.39, 0.29) is 0 Å². The molecule has 0 spiro atoms. The molecular formula is C51H32N4. The highest BCUT2D eigenvalue weighted by Gasteiger charge is 2.23. The third-order valence-corrected chi connectivity index (χ3v) is 10.8. The van der Waals surface area contributed by atoms with Crippen molar-refractivity contribution in [3.05, 3.63) is 194 Å². The van der Waals surface area contributed by atoms with E-state index in [9.17, 15) is 0 Å². The third kappa shape index (κ3) is 5.11. The van der Waals surface area contributed by atoms with Gasteiger partial charge in [-0.3, -0.25) is 0 Å². The zero-order valence-corrected chi connectivity index (χ0v) is 29.8. The maximum absolute atomic E-state index is 5.26. The van der Waals surface area contributed by atoms with Crippen LogP contribution in [0.15, 0.2) is 194 Å². The standard InChI is InChI=1S/C51H32N4/c1-3-17-34(18-4-1)49-52-50(35-19-5-2-6-20-35)54-51(53-49)44-32-47(48(42-27-12-11-25-39(42)44)41-28-15-23-33-16-9-10-24-38(33)41)55-45-29-14-13-26-40(45)43-30-36-21-7-8-22-37(36)31-46(43)55/h1-32H. The molecule has 0 radical (unpaired) electrons. The minimum Gasteiger partial charge on any atom is -0.309 e. The molecule has 0 aliphatic carbocycles. The Morgan fingerprint density at radius 3 is 1.55 bits per heavy atom. The fraction of sp³-hybridized carbons (Fsp3) is 0. The van der Waals surface area contributed by atoms with Gasteiger partial charge < -0.3 is 4.57 Å². The van der Waals surface area contributed by atoms with Crippen molar-refractivity contribution in [2.45, 2.75) is 0 Å². The third-order valence-electron chi connectivity index (χ3n) is 10.8. The van der Waals surface area contributed by atoms with Crippen LogP contribution >= 0.6 is 0 Å². The highest BCUT2D eigenvalue weighted by atomic mass is 15.0. The van der Waals surface area contributed by atoms with Gasteiger partial charge in [-0.05, 0) is 62.1 Å². The van der Waals surface area contributed by atoms with Crippen molar-refractivity contribution < 1.29 is 0 Å². The molecule has 55 heavy (non-hydrogen) atoms. The van der Waals surface area contributed by atoms with E-state index in [0.29, 0.717) is 17.5 Å². The quantitative estimate of drug-likeness (QED) is 0.179. The minimum absolute atomic E-state index is 0.626. The topological polar surface area (TPSA) is 43.6 Å². The van der Waals surface area contributed by atoms with Gasteiger partial charge in [-0.15, -0.1) is 0 Å². The second-order valence-corrected chi connectivity index (χ2v) is 14.0. The Labute approximate surface area is 317 Å². The van der Waals surface area contributed by atoms with Crippen LogP contribution in [0.25, 0.3) is 105 Å². The molecule has 0 aliphatic heterocycles. The molecule has 9 aromatic carbocycles. The molecular weight excluding hydrogens is 669 g/mol. The van der Waals surface area contributed by atoms with Crippen molar-refractivity contribution in [2.75, 3.05) is 0 Å². The van der Waals surface area contributed by atoms with E-state index in [1.54, 1.807) is 0 Å². The zero-order chi connectivity index (χ0) is 36.3. The number of nitrogens with zero attached hydrogens (tertiary/aromatic N) is 4. The summed E-state index contributed by atoms with van der Waals surface area (Å²) in [7, 11) is 0. The normalized spacial score (nSPS) is 11.6. The zero-order valence-electron chi connectivity index (χ0n) is 29.8. The van der Waals surface area contributed by atoms with Crippen LogP contribution < -0.4 is 0 Å². The first-order chi connectivity index (χ1) is 27.3. The first kappa shape index (κ1) is 31.1. The predicted octanol–water partition coefficient (Wildman–Crippen LogP) is 13.1. The lowest BCUT2D eigenvalue weighted by molar-refractivity contribution is 1.07. The van der Waals surface area contributed by atoms with Gasteiger partial charge in [-0.1, -0.05) is 170 Å². The fourth-order valence-corrected chi connectivity index (χ4v) is 8.29. The van der Waals surface area contributed by atoms with E-state index in [2.05, 4.69) is 162 Å². The first-order valence-corrected chi connectivity index (χ1v) is 18.6. The second kappa shape index (κ2) is 12.6. The van der Waals surface area contributed by atoms with Crippen molar-refractivity contribution in [1.82, 2.24) is 19.5 Å².